The number of anilines is 1. The van der Waals surface area contributed by atoms with Gasteiger partial charge in [0.15, 0.2) is 12.4 Å². The molecular weight excluding hydrogens is 421 g/mol. The van der Waals surface area contributed by atoms with Crippen LogP contribution in [-0.2, 0) is 4.79 Å². The quantitative estimate of drug-likeness (QED) is 0.442. The molecule has 31 heavy (non-hydrogen) atoms. The van der Waals surface area contributed by atoms with Gasteiger partial charge in [-0.3, -0.25) is 9.59 Å². The summed E-state index contributed by atoms with van der Waals surface area (Å²) >= 11 is 5.97. The Bertz CT molecular complexity index is 1310. The maximum atomic E-state index is 13.2. The van der Waals surface area contributed by atoms with Crippen LogP contribution in [0.5, 0.6) is 5.75 Å². The fraction of sp³-hybridized carbons (Fsp3) is 0.0833. The molecule has 1 aromatic heterocycles. The number of hydrogen-bond acceptors (Lipinski definition) is 4. The molecule has 4 aromatic rings. The first-order valence-corrected chi connectivity index (χ1v) is 9.80. The lowest BCUT2D eigenvalue weighted by molar-refractivity contribution is -0.118. The predicted molar refractivity (Wildman–Crippen MR) is 118 cm³/mol. The van der Waals surface area contributed by atoms with Gasteiger partial charge >= 0.3 is 0 Å². The van der Waals surface area contributed by atoms with Gasteiger partial charge in [-0.25, -0.2) is 4.39 Å². The average molecular weight is 438 g/mol. The van der Waals surface area contributed by atoms with Crippen LogP contribution in [-0.4, -0.2) is 12.5 Å². The highest BCUT2D eigenvalue weighted by Crippen LogP contribution is 2.32. The topological polar surface area (TPSA) is 68.5 Å². The maximum absolute atomic E-state index is 13.2. The van der Waals surface area contributed by atoms with Crippen molar-refractivity contribution >= 4 is 34.2 Å². The van der Waals surface area contributed by atoms with E-state index in [0.29, 0.717) is 27.2 Å². The van der Waals surface area contributed by atoms with Crippen LogP contribution in [0.15, 0.2) is 75.9 Å². The van der Waals surface area contributed by atoms with Gasteiger partial charge in [-0.2, -0.15) is 0 Å². The number of rotatable bonds is 5. The molecule has 0 bridgehead atoms. The van der Waals surface area contributed by atoms with Crippen LogP contribution < -0.4 is 15.5 Å². The summed E-state index contributed by atoms with van der Waals surface area (Å²) in [4.78, 5) is 25.5. The zero-order valence-corrected chi connectivity index (χ0v) is 17.2. The van der Waals surface area contributed by atoms with Crippen LogP contribution in [0.1, 0.15) is 5.56 Å². The van der Waals surface area contributed by atoms with Gasteiger partial charge in [0.1, 0.15) is 11.4 Å². The summed E-state index contributed by atoms with van der Waals surface area (Å²) in [5, 5.41) is 3.48. The van der Waals surface area contributed by atoms with E-state index in [4.69, 9.17) is 20.8 Å². The van der Waals surface area contributed by atoms with Crippen LogP contribution in [0.4, 0.5) is 10.1 Å². The number of halogens is 2. The van der Waals surface area contributed by atoms with Crippen molar-refractivity contribution in [3.63, 3.8) is 0 Å². The molecule has 0 radical (unpaired) electrons. The number of ether oxygens (including phenoxy) is 1. The van der Waals surface area contributed by atoms with Crippen molar-refractivity contribution < 1.29 is 18.3 Å². The van der Waals surface area contributed by atoms with E-state index < -0.39 is 18.3 Å². The molecule has 0 fully saturated rings. The SMILES string of the molecule is Cc1ccc2oc(-c3ccc(Cl)cc3)c(OCC(=O)Nc3ccc(F)cc3)c(=O)c2c1. The van der Waals surface area contributed by atoms with Crippen LogP contribution in [0.25, 0.3) is 22.3 Å². The van der Waals surface area contributed by atoms with Gasteiger partial charge in [0.25, 0.3) is 5.91 Å². The molecule has 1 N–H and O–H groups in total. The third-order valence-corrected chi connectivity index (χ3v) is 4.84. The molecule has 4 rings (SSSR count). The van der Waals surface area contributed by atoms with Gasteiger partial charge in [-0.1, -0.05) is 23.2 Å². The Morgan fingerprint density at radius 2 is 1.77 bits per heavy atom. The zero-order chi connectivity index (χ0) is 22.0. The lowest BCUT2D eigenvalue weighted by Gasteiger charge is -2.12. The summed E-state index contributed by atoms with van der Waals surface area (Å²) in [6.45, 7) is 1.43. The van der Waals surface area contributed by atoms with Crippen molar-refractivity contribution in [1.82, 2.24) is 0 Å². The number of carbonyl (C=O) groups is 1. The highest BCUT2D eigenvalue weighted by atomic mass is 35.5. The zero-order valence-electron chi connectivity index (χ0n) is 16.4. The molecule has 0 aliphatic heterocycles. The molecule has 0 atom stereocenters. The Morgan fingerprint density at radius 1 is 1.06 bits per heavy atom. The second-order valence-electron chi connectivity index (χ2n) is 6.94. The van der Waals surface area contributed by atoms with Crippen molar-refractivity contribution in [3.05, 3.63) is 93.4 Å². The highest BCUT2D eigenvalue weighted by molar-refractivity contribution is 6.30. The maximum Gasteiger partial charge on any atom is 0.262 e. The third-order valence-electron chi connectivity index (χ3n) is 4.59. The highest BCUT2D eigenvalue weighted by Gasteiger charge is 2.19. The molecule has 0 unspecified atom stereocenters. The summed E-state index contributed by atoms with van der Waals surface area (Å²) in [5.74, 6) is -0.786. The Hall–Kier alpha value is -3.64. The number of benzene rings is 3. The average Bonchev–Trinajstić information content (AvgIpc) is 2.75. The molecule has 0 aliphatic rings. The normalized spacial score (nSPS) is 10.8. The second-order valence-corrected chi connectivity index (χ2v) is 7.38. The monoisotopic (exact) mass is 437 g/mol. The van der Waals surface area contributed by atoms with E-state index in [1.807, 2.05) is 13.0 Å². The van der Waals surface area contributed by atoms with E-state index in [9.17, 15) is 14.0 Å². The Morgan fingerprint density at radius 3 is 2.48 bits per heavy atom. The minimum absolute atomic E-state index is 0.0744. The lowest BCUT2D eigenvalue weighted by atomic mass is 10.1. The van der Waals surface area contributed by atoms with Gasteiger partial charge in [-0.15, -0.1) is 0 Å². The number of hydrogen-bond donors (Lipinski definition) is 1. The van der Waals surface area contributed by atoms with E-state index in [2.05, 4.69) is 5.32 Å². The van der Waals surface area contributed by atoms with Gasteiger partial charge in [0, 0.05) is 16.3 Å². The van der Waals surface area contributed by atoms with Crippen molar-refractivity contribution in [2.75, 3.05) is 11.9 Å². The van der Waals surface area contributed by atoms with Crippen molar-refractivity contribution in [2.24, 2.45) is 0 Å². The van der Waals surface area contributed by atoms with E-state index in [1.54, 1.807) is 36.4 Å². The molecule has 0 spiro atoms. The summed E-state index contributed by atoms with van der Waals surface area (Å²) in [6, 6.07) is 17.3. The predicted octanol–water partition coefficient (Wildman–Crippen LogP) is 5.58. The standard InChI is InChI=1S/C24H17ClFNO4/c1-14-2-11-20-19(12-14)22(29)24(23(31-20)15-3-5-16(25)6-4-15)30-13-21(28)27-18-9-7-17(26)8-10-18/h2-12H,13H2,1H3,(H,27,28). The minimum atomic E-state index is -0.502. The first kappa shape index (κ1) is 20.6. The van der Waals surface area contributed by atoms with Gasteiger partial charge in [0.2, 0.25) is 11.2 Å². The second kappa shape index (κ2) is 8.62. The molecular formula is C24H17ClFNO4. The molecule has 5 nitrogen and oxygen atoms in total. The first-order valence-electron chi connectivity index (χ1n) is 9.42. The first-order chi connectivity index (χ1) is 14.9. The molecule has 0 saturated heterocycles. The number of carbonyl (C=O) groups excluding carboxylic acids is 1. The van der Waals surface area contributed by atoms with Crippen LogP contribution in [0.2, 0.25) is 5.02 Å². The van der Waals surface area contributed by atoms with Crippen LogP contribution in [0.3, 0.4) is 0 Å². The van der Waals surface area contributed by atoms with E-state index >= 15 is 0 Å². The molecule has 7 heteroatoms. The number of fused-ring (bicyclic) bond motifs is 1. The molecule has 1 amide bonds. The molecule has 1 heterocycles. The van der Waals surface area contributed by atoms with Gasteiger partial charge in [0.05, 0.1) is 5.39 Å². The smallest absolute Gasteiger partial charge is 0.262 e. The number of amides is 1. The van der Waals surface area contributed by atoms with E-state index in [1.165, 1.54) is 24.3 Å². The van der Waals surface area contributed by atoms with E-state index in [0.717, 1.165) is 5.56 Å². The number of aryl methyl sites for hydroxylation is 1. The number of nitrogens with one attached hydrogen (secondary N) is 1. The Labute approximate surface area is 182 Å². The molecule has 3 aromatic carbocycles. The van der Waals surface area contributed by atoms with Crippen molar-refractivity contribution in [2.45, 2.75) is 6.92 Å². The summed E-state index contributed by atoms with van der Waals surface area (Å²) in [7, 11) is 0. The minimum Gasteiger partial charge on any atom is -0.476 e. The Balaban J connectivity index is 1.69. The largest absolute Gasteiger partial charge is 0.476 e. The van der Waals surface area contributed by atoms with Crippen LogP contribution in [0, 0.1) is 12.7 Å². The Kier molecular flexibility index (Phi) is 5.73. The summed E-state index contributed by atoms with van der Waals surface area (Å²) in [5.41, 5.74) is 1.90. The summed E-state index contributed by atoms with van der Waals surface area (Å²) < 4.78 is 24.6. The van der Waals surface area contributed by atoms with Crippen LogP contribution >= 0.6 is 11.6 Å². The molecule has 0 saturated carbocycles. The fourth-order valence-corrected chi connectivity index (χ4v) is 3.21. The third kappa shape index (κ3) is 4.59. The fourth-order valence-electron chi connectivity index (χ4n) is 3.08. The molecule has 0 aliphatic carbocycles. The van der Waals surface area contributed by atoms with Crippen molar-refractivity contribution in [3.8, 4) is 17.1 Å². The van der Waals surface area contributed by atoms with Gasteiger partial charge < -0.3 is 14.5 Å². The lowest BCUT2D eigenvalue weighted by Crippen LogP contribution is -2.22. The van der Waals surface area contributed by atoms with Gasteiger partial charge in [-0.05, 0) is 67.6 Å². The van der Waals surface area contributed by atoms with Crippen molar-refractivity contribution in [1.29, 1.82) is 0 Å². The summed E-state index contributed by atoms with van der Waals surface area (Å²) in [6.07, 6.45) is 0. The van der Waals surface area contributed by atoms with E-state index in [-0.39, 0.29) is 16.9 Å². The molecule has 156 valence electrons.